The Hall–Kier alpha value is -2.15. The van der Waals surface area contributed by atoms with Gasteiger partial charge in [-0.3, -0.25) is 9.69 Å². The van der Waals surface area contributed by atoms with Crippen LogP contribution in [0.1, 0.15) is 96.0 Å². The number of allylic oxidation sites excluding steroid dienone is 1. The normalized spacial score (nSPS) is 17.6. The van der Waals surface area contributed by atoms with Crippen molar-refractivity contribution >= 4 is 44.7 Å². The number of aromatic nitrogens is 1. The Morgan fingerprint density at radius 1 is 1.08 bits per heavy atom. The predicted octanol–water partition coefficient (Wildman–Crippen LogP) is 9.69. The first kappa shape index (κ1) is 29.8. The molecule has 0 radical (unpaired) electrons. The van der Waals surface area contributed by atoms with E-state index in [1.54, 1.807) is 17.3 Å². The Bertz CT molecular complexity index is 1190. The molecule has 0 aliphatic carbocycles. The van der Waals surface area contributed by atoms with Crippen LogP contribution in [0, 0.1) is 0 Å². The topological polar surface area (TPSA) is 53.4 Å². The van der Waals surface area contributed by atoms with E-state index in [-0.39, 0.29) is 0 Å². The van der Waals surface area contributed by atoms with Gasteiger partial charge in [0.25, 0.3) is 0 Å². The molecular formula is C33H44N2O2S2. The monoisotopic (exact) mass is 564 g/mol. The summed E-state index contributed by atoms with van der Waals surface area (Å²) in [7, 11) is 0. The van der Waals surface area contributed by atoms with Gasteiger partial charge in [0, 0.05) is 40.2 Å². The van der Waals surface area contributed by atoms with Crippen LogP contribution < -0.4 is 0 Å². The first-order valence-corrected chi connectivity index (χ1v) is 16.6. The summed E-state index contributed by atoms with van der Waals surface area (Å²) < 4.78 is 1.39. The minimum Gasteiger partial charge on any atom is -0.481 e. The van der Waals surface area contributed by atoms with E-state index >= 15 is 0 Å². The molecule has 0 bridgehead atoms. The van der Waals surface area contributed by atoms with Gasteiger partial charge in [0.2, 0.25) is 0 Å². The second-order valence-corrected chi connectivity index (χ2v) is 12.8. The molecular weight excluding hydrogens is 521 g/mol. The Morgan fingerprint density at radius 2 is 1.92 bits per heavy atom. The van der Waals surface area contributed by atoms with Gasteiger partial charge < -0.3 is 5.11 Å². The smallest absolute Gasteiger partial charge is 0.303 e. The number of pyridine rings is 1. The van der Waals surface area contributed by atoms with E-state index in [2.05, 4.69) is 58.6 Å². The molecule has 1 unspecified atom stereocenters. The van der Waals surface area contributed by atoms with Crippen molar-refractivity contribution in [2.45, 2.75) is 106 Å². The third-order valence-electron chi connectivity index (χ3n) is 7.81. The quantitative estimate of drug-likeness (QED) is 0.235. The minimum atomic E-state index is -0.663. The van der Waals surface area contributed by atoms with Gasteiger partial charge >= 0.3 is 5.97 Å². The van der Waals surface area contributed by atoms with Gasteiger partial charge in [-0.2, -0.15) is 0 Å². The zero-order valence-electron chi connectivity index (χ0n) is 23.4. The van der Waals surface area contributed by atoms with Crippen molar-refractivity contribution < 1.29 is 9.90 Å². The molecule has 1 atom stereocenters. The van der Waals surface area contributed by atoms with E-state index in [1.165, 1.54) is 91.3 Å². The zero-order valence-corrected chi connectivity index (χ0v) is 25.1. The van der Waals surface area contributed by atoms with Crippen LogP contribution in [0.3, 0.4) is 0 Å². The number of benzene rings is 1. The summed E-state index contributed by atoms with van der Waals surface area (Å²) >= 11 is 3.62. The molecule has 4 nitrogen and oxygen atoms in total. The fourth-order valence-corrected chi connectivity index (χ4v) is 7.39. The van der Waals surface area contributed by atoms with Crippen LogP contribution in [0.25, 0.3) is 15.7 Å². The molecule has 3 aromatic rings. The third-order valence-corrected chi connectivity index (χ3v) is 9.72. The van der Waals surface area contributed by atoms with E-state index in [9.17, 15) is 4.79 Å². The molecule has 1 saturated heterocycles. The van der Waals surface area contributed by atoms with Crippen LogP contribution in [0.5, 0.6) is 0 Å². The number of nitrogens with zero attached hydrogens (tertiary/aromatic N) is 2. The average molecular weight is 565 g/mol. The predicted molar refractivity (Wildman–Crippen MR) is 167 cm³/mol. The number of hydrogen-bond donors (Lipinski definition) is 1. The second kappa shape index (κ2) is 16.2. The SMILES string of the molecule is C1=C(c2csc3ccc(Sc4ccccn4)cc23)CCC2CCCCN2C1.CCCCCCCCCC(=O)O. The van der Waals surface area contributed by atoms with Crippen molar-refractivity contribution in [1.82, 2.24) is 9.88 Å². The first-order chi connectivity index (χ1) is 19.1. The molecule has 0 spiro atoms. The number of carboxylic acids is 1. The van der Waals surface area contributed by atoms with Crippen LogP contribution in [-0.2, 0) is 4.79 Å². The molecule has 210 valence electrons. The number of piperidine rings is 1. The molecule has 1 fully saturated rings. The fourth-order valence-electron chi connectivity index (χ4n) is 5.61. The number of carbonyl (C=O) groups is 1. The Kier molecular flexibility index (Phi) is 12.4. The molecule has 2 aromatic heterocycles. The number of carboxylic acid groups (broad SMARTS) is 1. The lowest BCUT2D eigenvalue weighted by molar-refractivity contribution is -0.137. The number of thiophene rings is 1. The summed E-state index contributed by atoms with van der Waals surface area (Å²) in [6.45, 7) is 4.60. The van der Waals surface area contributed by atoms with E-state index in [1.807, 2.05) is 23.6 Å². The maximum Gasteiger partial charge on any atom is 0.303 e. The lowest BCUT2D eigenvalue weighted by Crippen LogP contribution is -2.38. The lowest BCUT2D eigenvalue weighted by Gasteiger charge is -2.33. The molecule has 1 aromatic carbocycles. The summed E-state index contributed by atoms with van der Waals surface area (Å²) in [5, 5.41) is 13.2. The van der Waals surface area contributed by atoms with E-state index < -0.39 is 5.97 Å². The van der Waals surface area contributed by atoms with E-state index in [0.717, 1.165) is 30.5 Å². The molecule has 1 N–H and O–H groups in total. The van der Waals surface area contributed by atoms with Crippen LogP contribution in [-0.4, -0.2) is 40.1 Å². The molecule has 0 amide bonds. The zero-order chi connectivity index (χ0) is 27.3. The van der Waals surface area contributed by atoms with Crippen LogP contribution in [0.2, 0.25) is 0 Å². The van der Waals surface area contributed by atoms with Crippen LogP contribution in [0.4, 0.5) is 0 Å². The number of aliphatic carboxylic acids is 1. The maximum absolute atomic E-state index is 10.1. The third kappa shape index (κ3) is 9.47. The van der Waals surface area contributed by atoms with Gasteiger partial charge in [-0.15, -0.1) is 11.3 Å². The largest absolute Gasteiger partial charge is 0.481 e. The molecule has 6 heteroatoms. The highest BCUT2D eigenvalue weighted by Gasteiger charge is 2.24. The number of unbranched alkanes of at least 4 members (excludes halogenated alkanes) is 6. The molecule has 2 aliphatic heterocycles. The molecule has 39 heavy (non-hydrogen) atoms. The van der Waals surface area contributed by atoms with Crippen molar-refractivity contribution in [3.05, 3.63) is 59.6 Å². The summed E-state index contributed by atoms with van der Waals surface area (Å²) in [5.41, 5.74) is 3.01. The van der Waals surface area contributed by atoms with Crippen molar-refractivity contribution in [3.63, 3.8) is 0 Å². The van der Waals surface area contributed by atoms with E-state index in [4.69, 9.17) is 5.11 Å². The molecule has 4 heterocycles. The van der Waals surface area contributed by atoms with Gasteiger partial charge in [0.1, 0.15) is 5.03 Å². The minimum absolute atomic E-state index is 0.341. The van der Waals surface area contributed by atoms with Gasteiger partial charge in [-0.1, -0.05) is 75.8 Å². The Balaban J connectivity index is 0.000000251. The van der Waals surface area contributed by atoms with Crippen molar-refractivity contribution in [2.24, 2.45) is 0 Å². The first-order valence-electron chi connectivity index (χ1n) is 14.9. The van der Waals surface area contributed by atoms with Crippen molar-refractivity contribution in [3.8, 4) is 0 Å². The molecule has 0 saturated carbocycles. The van der Waals surface area contributed by atoms with Crippen LogP contribution in [0.15, 0.2) is 64.0 Å². The Morgan fingerprint density at radius 3 is 2.72 bits per heavy atom. The van der Waals surface area contributed by atoms with Gasteiger partial charge in [-0.25, -0.2) is 4.98 Å². The van der Waals surface area contributed by atoms with Crippen molar-refractivity contribution in [1.29, 1.82) is 0 Å². The number of hydrogen-bond acceptors (Lipinski definition) is 5. The summed E-state index contributed by atoms with van der Waals surface area (Å²) in [6.07, 6.45) is 19.7. The Labute approximate surface area is 242 Å². The molecule has 2 aliphatic rings. The van der Waals surface area contributed by atoms with Crippen molar-refractivity contribution in [2.75, 3.05) is 13.1 Å². The highest BCUT2D eigenvalue weighted by molar-refractivity contribution is 7.99. The average Bonchev–Trinajstić information content (AvgIpc) is 3.25. The van der Waals surface area contributed by atoms with Crippen LogP contribution >= 0.6 is 23.1 Å². The standard InChI is InChI=1S/C23H24N2S2.C10H20O2/c1-3-12-24-23(6-1)27-19-9-10-22-20(15-19)21(16-26-22)17-7-8-18-5-2-4-13-25(18)14-11-17;1-2-3-4-5-6-7-8-9-10(11)12/h1,3,6,9-12,15-16,18H,2,4-5,7-8,13-14H2;2-9H2,1H3,(H,11,12). The number of fused-ring (bicyclic) bond motifs is 2. The maximum atomic E-state index is 10.1. The summed E-state index contributed by atoms with van der Waals surface area (Å²) in [6, 6.07) is 13.8. The van der Waals surface area contributed by atoms with Gasteiger partial charge in [0.15, 0.2) is 0 Å². The highest BCUT2D eigenvalue weighted by Crippen LogP contribution is 2.38. The van der Waals surface area contributed by atoms with Gasteiger partial charge in [-0.05, 0) is 85.5 Å². The van der Waals surface area contributed by atoms with Gasteiger partial charge in [0.05, 0.1) is 0 Å². The molecule has 5 rings (SSSR count). The second-order valence-electron chi connectivity index (χ2n) is 10.8. The van der Waals surface area contributed by atoms with E-state index in [0.29, 0.717) is 6.42 Å². The fraction of sp³-hybridized carbons (Fsp3) is 0.515. The summed E-state index contributed by atoms with van der Waals surface area (Å²) in [5.74, 6) is -0.663. The number of rotatable bonds is 11. The lowest BCUT2D eigenvalue weighted by atomic mass is 9.95. The summed E-state index contributed by atoms with van der Waals surface area (Å²) in [4.78, 5) is 18.6. The highest BCUT2D eigenvalue weighted by atomic mass is 32.2.